The van der Waals surface area contributed by atoms with Crippen molar-refractivity contribution in [2.75, 3.05) is 6.54 Å². The Labute approximate surface area is 104 Å². The molecule has 0 aliphatic heterocycles. The Morgan fingerprint density at radius 2 is 1.82 bits per heavy atom. The minimum atomic E-state index is -0.154. The van der Waals surface area contributed by atoms with Crippen LogP contribution in [0.1, 0.15) is 39.2 Å². The fourth-order valence-corrected chi connectivity index (χ4v) is 2.14. The van der Waals surface area contributed by atoms with Gasteiger partial charge in [-0.2, -0.15) is 0 Å². The standard InChI is InChI=1S/C15H24FN/c1-4-10-17-12(3)14(5-2)11-13-6-8-15(16)9-7-13/h6-9,12,14,17H,4-5,10-11H2,1-3H3. The van der Waals surface area contributed by atoms with Crippen molar-refractivity contribution in [3.63, 3.8) is 0 Å². The van der Waals surface area contributed by atoms with Crippen LogP contribution in [0.2, 0.25) is 0 Å². The van der Waals surface area contributed by atoms with Crippen molar-refractivity contribution in [3.8, 4) is 0 Å². The molecule has 0 spiro atoms. The van der Waals surface area contributed by atoms with E-state index in [0.717, 1.165) is 25.8 Å². The molecular formula is C15H24FN. The van der Waals surface area contributed by atoms with Crippen molar-refractivity contribution < 1.29 is 4.39 Å². The smallest absolute Gasteiger partial charge is 0.123 e. The van der Waals surface area contributed by atoms with Gasteiger partial charge in [0.2, 0.25) is 0 Å². The highest BCUT2D eigenvalue weighted by molar-refractivity contribution is 5.16. The minimum absolute atomic E-state index is 0.154. The van der Waals surface area contributed by atoms with Gasteiger partial charge >= 0.3 is 0 Å². The maximum absolute atomic E-state index is 12.8. The minimum Gasteiger partial charge on any atom is -0.314 e. The van der Waals surface area contributed by atoms with E-state index in [4.69, 9.17) is 0 Å². The molecule has 0 amide bonds. The summed E-state index contributed by atoms with van der Waals surface area (Å²) in [4.78, 5) is 0. The van der Waals surface area contributed by atoms with Gasteiger partial charge in [-0.25, -0.2) is 4.39 Å². The molecule has 2 atom stereocenters. The van der Waals surface area contributed by atoms with E-state index in [1.54, 1.807) is 12.1 Å². The Hall–Kier alpha value is -0.890. The van der Waals surface area contributed by atoms with Crippen LogP contribution >= 0.6 is 0 Å². The van der Waals surface area contributed by atoms with Crippen molar-refractivity contribution in [2.24, 2.45) is 5.92 Å². The Morgan fingerprint density at radius 1 is 1.18 bits per heavy atom. The summed E-state index contributed by atoms with van der Waals surface area (Å²) in [5, 5.41) is 3.54. The molecule has 1 aromatic carbocycles. The molecule has 0 aromatic heterocycles. The van der Waals surface area contributed by atoms with E-state index < -0.39 is 0 Å². The fraction of sp³-hybridized carbons (Fsp3) is 0.600. The Kier molecular flexibility index (Phi) is 6.20. The normalized spacial score (nSPS) is 14.6. The fourth-order valence-electron chi connectivity index (χ4n) is 2.14. The van der Waals surface area contributed by atoms with Gasteiger partial charge in [0.1, 0.15) is 5.82 Å². The maximum Gasteiger partial charge on any atom is 0.123 e. The number of rotatable bonds is 7. The molecule has 1 N–H and O–H groups in total. The molecule has 0 heterocycles. The third-order valence-corrected chi connectivity index (χ3v) is 3.36. The number of hydrogen-bond acceptors (Lipinski definition) is 1. The second kappa shape index (κ2) is 7.44. The van der Waals surface area contributed by atoms with Gasteiger partial charge < -0.3 is 5.32 Å². The number of nitrogens with one attached hydrogen (secondary N) is 1. The zero-order chi connectivity index (χ0) is 12.7. The first-order valence-corrected chi connectivity index (χ1v) is 6.65. The summed E-state index contributed by atoms with van der Waals surface area (Å²) < 4.78 is 12.8. The third kappa shape index (κ3) is 4.86. The van der Waals surface area contributed by atoms with Gasteiger partial charge in [0.15, 0.2) is 0 Å². The van der Waals surface area contributed by atoms with E-state index in [1.165, 1.54) is 5.56 Å². The molecular weight excluding hydrogens is 213 g/mol. The van der Waals surface area contributed by atoms with E-state index in [9.17, 15) is 4.39 Å². The lowest BCUT2D eigenvalue weighted by atomic mass is 9.91. The lowest BCUT2D eigenvalue weighted by molar-refractivity contribution is 0.362. The van der Waals surface area contributed by atoms with E-state index in [0.29, 0.717) is 12.0 Å². The van der Waals surface area contributed by atoms with Crippen molar-refractivity contribution in [1.29, 1.82) is 0 Å². The van der Waals surface area contributed by atoms with Crippen LogP contribution in [0.25, 0.3) is 0 Å². The summed E-state index contributed by atoms with van der Waals surface area (Å²) in [5.41, 5.74) is 1.23. The van der Waals surface area contributed by atoms with Crippen LogP contribution in [0.5, 0.6) is 0 Å². The Bertz CT molecular complexity index is 307. The van der Waals surface area contributed by atoms with Crippen LogP contribution in [-0.2, 0) is 6.42 Å². The van der Waals surface area contributed by atoms with Crippen LogP contribution < -0.4 is 5.32 Å². The first-order valence-electron chi connectivity index (χ1n) is 6.65. The molecule has 2 unspecified atom stereocenters. The number of benzene rings is 1. The predicted molar refractivity (Wildman–Crippen MR) is 71.6 cm³/mol. The third-order valence-electron chi connectivity index (χ3n) is 3.36. The highest BCUT2D eigenvalue weighted by atomic mass is 19.1. The number of hydrogen-bond donors (Lipinski definition) is 1. The molecule has 0 radical (unpaired) electrons. The largest absolute Gasteiger partial charge is 0.314 e. The first-order chi connectivity index (χ1) is 8.17. The van der Waals surface area contributed by atoms with Crippen molar-refractivity contribution >= 4 is 0 Å². The number of halogens is 1. The van der Waals surface area contributed by atoms with Crippen LogP contribution in [-0.4, -0.2) is 12.6 Å². The molecule has 1 aromatic rings. The van der Waals surface area contributed by atoms with Crippen LogP contribution in [0.3, 0.4) is 0 Å². The summed E-state index contributed by atoms with van der Waals surface area (Å²) in [6.45, 7) is 7.72. The molecule has 0 aliphatic carbocycles. The highest BCUT2D eigenvalue weighted by Crippen LogP contribution is 2.16. The van der Waals surface area contributed by atoms with Crippen LogP contribution in [0.4, 0.5) is 4.39 Å². The molecule has 0 saturated heterocycles. The lowest BCUT2D eigenvalue weighted by Gasteiger charge is -2.24. The van der Waals surface area contributed by atoms with Gasteiger partial charge in [0.25, 0.3) is 0 Å². The monoisotopic (exact) mass is 237 g/mol. The summed E-state index contributed by atoms with van der Waals surface area (Å²) >= 11 is 0. The molecule has 96 valence electrons. The van der Waals surface area contributed by atoms with Gasteiger partial charge in [-0.1, -0.05) is 32.4 Å². The predicted octanol–water partition coefficient (Wildman–Crippen LogP) is 3.78. The summed E-state index contributed by atoms with van der Waals surface area (Å²) in [5.74, 6) is 0.464. The van der Waals surface area contributed by atoms with E-state index in [2.05, 4.69) is 26.1 Å². The average molecular weight is 237 g/mol. The van der Waals surface area contributed by atoms with E-state index >= 15 is 0 Å². The van der Waals surface area contributed by atoms with Gasteiger partial charge in [-0.15, -0.1) is 0 Å². The Morgan fingerprint density at radius 3 is 2.35 bits per heavy atom. The van der Waals surface area contributed by atoms with Gasteiger partial charge in [-0.3, -0.25) is 0 Å². The zero-order valence-corrected chi connectivity index (χ0v) is 11.2. The SMILES string of the molecule is CCCNC(C)C(CC)Cc1ccc(F)cc1. The van der Waals surface area contributed by atoms with Crippen molar-refractivity contribution in [3.05, 3.63) is 35.6 Å². The van der Waals surface area contributed by atoms with Crippen LogP contribution in [0.15, 0.2) is 24.3 Å². The first kappa shape index (κ1) is 14.2. The molecule has 1 rings (SSSR count). The molecule has 2 heteroatoms. The van der Waals surface area contributed by atoms with Gasteiger partial charge in [0, 0.05) is 6.04 Å². The van der Waals surface area contributed by atoms with E-state index in [-0.39, 0.29) is 5.82 Å². The van der Waals surface area contributed by atoms with Crippen LogP contribution in [0, 0.1) is 11.7 Å². The quantitative estimate of drug-likeness (QED) is 0.761. The highest BCUT2D eigenvalue weighted by Gasteiger charge is 2.15. The van der Waals surface area contributed by atoms with Gasteiger partial charge in [-0.05, 0) is 49.9 Å². The second-order valence-corrected chi connectivity index (χ2v) is 4.74. The second-order valence-electron chi connectivity index (χ2n) is 4.74. The maximum atomic E-state index is 12.8. The molecule has 17 heavy (non-hydrogen) atoms. The van der Waals surface area contributed by atoms with Crippen molar-refractivity contribution in [2.45, 2.75) is 46.1 Å². The molecule has 1 nitrogen and oxygen atoms in total. The Balaban J connectivity index is 2.53. The summed E-state index contributed by atoms with van der Waals surface area (Å²) in [7, 11) is 0. The van der Waals surface area contributed by atoms with E-state index in [1.807, 2.05) is 12.1 Å². The topological polar surface area (TPSA) is 12.0 Å². The lowest BCUT2D eigenvalue weighted by Crippen LogP contribution is -2.34. The molecule has 0 bridgehead atoms. The zero-order valence-electron chi connectivity index (χ0n) is 11.2. The molecule has 0 fully saturated rings. The summed E-state index contributed by atoms with van der Waals surface area (Å²) in [6, 6.07) is 7.40. The molecule has 0 saturated carbocycles. The van der Waals surface area contributed by atoms with Gasteiger partial charge in [0.05, 0.1) is 0 Å². The average Bonchev–Trinajstić information content (AvgIpc) is 2.35. The molecule has 0 aliphatic rings. The van der Waals surface area contributed by atoms with Crippen molar-refractivity contribution in [1.82, 2.24) is 5.32 Å². The summed E-state index contributed by atoms with van der Waals surface area (Å²) in [6.07, 6.45) is 3.33.